The smallest absolute Gasteiger partial charge is 0.250 e. The molecule has 1 heterocycles. The maximum Gasteiger partial charge on any atom is 0.250 e. The van der Waals surface area contributed by atoms with Gasteiger partial charge in [-0.05, 0) is 0 Å². The Balaban J connectivity index is 0.000000490. The first-order chi connectivity index (χ1) is 3.29. The van der Waals surface area contributed by atoms with Gasteiger partial charge in [0.15, 0.2) is 0 Å². The van der Waals surface area contributed by atoms with Crippen molar-refractivity contribution < 1.29 is 29.1 Å². The quantitative estimate of drug-likeness (QED) is 0.409. The maximum absolute atomic E-state index is 10.0. The molecule has 0 aromatic heterocycles. The summed E-state index contributed by atoms with van der Waals surface area (Å²) in [5.41, 5.74) is 0. The summed E-state index contributed by atoms with van der Waals surface area (Å²) in [5, 5.41) is 2.03. The largest absolute Gasteiger partial charge is 0.289 e. The summed E-state index contributed by atoms with van der Waals surface area (Å²) in [7, 11) is 0. The van der Waals surface area contributed by atoms with Gasteiger partial charge in [0.05, 0.1) is 0 Å². The second-order valence-corrected chi connectivity index (χ2v) is 1.19. The van der Waals surface area contributed by atoms with Crippen LogP contribution in [-0.2, 0) is 29.1 Å². The number of hydrogen-bond donors (Lipinski definition) is 1. The standard InChI is InChI=1S/C4H3NO2.Ru/c6-3-1-2-4(7)5-3;/h1-2H,(H,5,6,7);. The summed E-state index contributed by atoms with van der Waals surface area (Å²) in [6, 6.07) is 0. The van der Waals surface area contributed by atoms with E-state index >= 15 is 0 Å². The summed E-state index contributed by atoms with van der Waals surface area (Å²) < 4.78 is 0. The van der Waals surface area contributed by atoms with Gasteiger partial charge in [-0.3, -0.25) is 14.9 Å². The molecule has 0 aliphatic carbocycles. The van der Waals surface area contributed by atoms with Crippen LogP contribution in [-0.4, -0.2) is 11.8 Å². The van der Waals surface area contributed by atoms with Gasteiger partial charge >= 0.3 is 0 Å². The Morgan fingerprint density at radius 3 is 1.62 bits per heavy atom. The molecule has 1 aliphatic rings. The van der Waals surface area contributed by atoms with E-state index in [0.717, 1.165) is 0 Å². The Morgan fingerprint density at radius 1 is 1.12 bits per heavy atom. The van der Waals surface area contributed by atoms with Crippen molar-refractivity contribution >= 4 is 11.8 Å². The topological polar surface area (TPSA) is 46.2 Å². The van der Waals surface area contributed by atoms with Gasteiger partial charge in [-0.1, -0.05) is 0 Å². The molecule has 8 heavy (non-hydrogen) atoms. The molecule has 0 saturated heterocycles. The molecule has 0 unspecified atom stereocenters. The molecule has 1 N–H and O–H groups in total. The van der Waals surface area contributed by atoms with E-state index < -0.39 is 0 Å². The van der Waals surface area contributed by atoms with Crippen molar-refractivity contribution in [2.75, 3.05) is 0 Å². The molecule has 0 spiro atoms. The SMILES string of the molecule is O=C1C=CC(=O)N1.[Ru]. The van der Waals surface area contributed by atoms with Crippen molar-refractivity contribution in [3.05, 3.63) is 12.2 Å². The van der Waals surface area contributed by atoms with E-state index in [1.165, 1.54) is 12.2 Å². The minimum absolute atomic E-state index is 0. The number of amides is 2. The number of imide groups is 1. The van der Waals surface area contributed by atoms with E-state index in [0.29, 0.717) is 0 Å². The van der Waals surface area contributed by atoms with Crippen molar-refractivity contribution in [3.8, 4) is 0 Å². The Kier molecular flexibility index (Phi) is 2.55. The molecular weight excluding hydrogens is 195 g/mol. The third-order valence-electron chi connectivity index (χ3n) is 0.632. The number of carbonyl (C=O) groups excluding carboxylic acids is 2. The first-order valence-corrected chi connectivity index (χ1v) is 1.82. The van der Waals surface area contributed by atoms with Gasteiger partial charge in [0.1, 0.15) is 0 Å². The summed E-state index contributed by atoms with van der Waals surface area (Å²) in [4.78, 5) is 20.1. The summed E-state index contributed by atoms with van der Waals surface area (Å²) in [6.45, 7) is 0. The molecule has 1 aliphatic heterocycles. The Bertz CT molecular complexity index is 136. The van der Waals surface area contributed by atoms with Gasteiger partial charge in [-0.2, -0.15) is 0 Å². The predicted molar refractivity (Wildman–Crippen MR) is 22.3 cm³/mol. The fraction of sp³-hybridized carbons (Fsp3) is 0. The zero-order valence-corrected chi connectivity index (χ0v) is 5.56. The zero-order valence-electron chi connectivity index (χ0n) is 3.82. The molecular formula is C4H3NO2Ru. The van der Waals surface area contributed by atoms with E-state index in [-0.39, 0.29) is 31.3 Å². The van der Waals surface area contributed by atoms with Crippen LogP contribution in [0, 0.1) is 0 Å². The van der Waals surface area contributed by atoms with Gasteiger partial charge in [0.2, 0.25) is 0 Å². The number of carbonyl (C=O) groups is 2. The molecule has 0 aromatic carbocycles. The Morgan fingerprint density at radius 2 is 1.50 bits per heavy atom. The fourth-order valence-corrected chi connectivity index (χ4v) is 0.356. The zero-order chi connectivity index (χ0) is 5.28. The number of rotatable bonds is 0. The van der Waals surface area contributed by atoms with E-state index in [9.17, 15) is 9.59 Å². The van der Waals surface area contributed by atoms with Crippen LogP contribution in [0.5, 0.6) is 0 Å². The fourth-order valence-electron chi connectivity index (χ4n) is 0.356. The van der Waals surface area contributed by atoms with E-state index in [1.54, 1.807) is 0 Å². The molecule has 0 radical (unpaired) electrons. The van der Waals surface area contributed by atoms with Gasteiger partial charge in [-0.15, -0.1) is 0 Å². The summed E-state index contributed by atoms with van der Waals surface area (Å²) in [5.74, 6) is -0.657. The van der Waals surface area contributed by atoms with Crippen LogP contribution in [0.1, 0.15) is 0 Å². The minimum Gasteiger partial charge on any atom is -0.289 e. The van der Waals surface area contributed by atoms with Crippen LogP contribution in [0.15, 0.2) is 12.2 Å². The van der Waals surface area contributed by atoms with E-state index in [4.69, 9.17) is 0 Å². The van der Waals surface area contributed by atoms with Crippen LogP contribution in [0.4, 0.5) is 0 Å². The number of nitrogens with one attached hydrogen (secondary N) is 1. The molecule has 4 heteroatoms. The molecule has 0 aromatic rings. The van der Waals surface area contributed by atoms with E-state index in [2.05, 4.69) is 0 Å². The van der Waals surface area contributed by atoms with Crippen LogP contribution in [0.2, 0.25) is 0 Å². The number of hydrogen-bond acceptors (Lipinski definition) is 2. The average Bonchev–Trinajstić information content (AvgIpc) is 1.87. The molecule has 1 rings (SSSR count). The molecule has 0 bridgehead atoms. The van der Waals surface area contributed by atoms with Crippen molar-refractivity contribution in [3.63, 3.8) is 0 Å². The monoisotopic (exact) mass is 199 g/mol. The van der Waals surface area contributed by atoms with Crippen LogP contribution in [0.25, 0.3) is 0 Å². The minimum atomic E-state index is -0.329. The average molecular weight is 198 g/mol. The van der Waals surface area contributed by atoms with Gasteiger partial charge in [0, 0.05) is 31.6 Å². The van der Waals surface area contributed by atoms with Crippen molar-refractivity contribution in [2.24, 2.45) is 0 Å². The molecule has 2 amide bonds. The maximum atomic E-state index is 10.0. The van der Waals surface area contributed by atoms with Crippen LogP contribution < -0.4 is 5.32 Å². The third-order valence-corrected chi connectivity index (χ3v) is 0.632. The van der Waals surface area contributed by atoms with E-state index in [1.807, 2.05) is 5.32 Å². The van der Waals surface area contributed by atoms with Crippen molar-refractivity contribution in [1.29, 1.82) is 0 Å². The Labute approximate surface area is 58.9 Å². The second kappa shape index (κ2) is 2.72. The van der Waals surface area contributed by atoms with Crippen LogP contribution >= 0.6 is 0 Å². The normalized spacial score (nSPS) is 15.5. The Hall–Kier alpha value is -0.497. The van der Waals surface area contributed by atoms with Gasteiger partial charge < -0.3 is 0 Å². The molecule has 0 atom stereocenters. The van der Waals surface area contributed by atoms with Gasteiger partial charge in [-0.25, -0.2) is 0 Å². The van der Waals surface area contributed by atoms with Crippen molar-refractivity contribution in [1.82, 2.24) is 5.32 Å². The first kappa shape index (κ1) is 7.50. The molecule has 3 nitrogen and oxygen atoms in total. The van der Waals surface area contributed by atoms with Gasteiger partial charge in [0.25, 0.3) is 11.8 Å². The van der Waals surface area contributed by atoms with Crippen molar-refractivity contribution in [2.45, 2.75) is 0 Å². The third kappa shape index (κ3) is 1.54. The molecule has 0 fully saturated rings. The molecule has 44 valence electrons. The first-order valence-electron chi connectivity index (χ1n) is 1.82. The summed E-state index contributed by atoms with van der Waals surface area (Å²) >= 11 is 0. The molecule has 0 saturated carbocycles. The second-order valence-electron chi connectivity index (χ2n) is 1.19. The summed E-state index contributed by atoms with van der Waals surface area (Å²) in [6.07, 6.45) is 2.39. The predicted octanol–water partition coefficient (Wildman–Crippen LogP) is -0.804. The van der Waals surface area contributed by atoms with Crippen LogP contribution in [0.3, 0.4) is 0 Å².